The number of hydrogen-bond acceptors (Lipinski definition) is 6. The SMILES string of the molecule is COc1cc(Nc2ccn3ncc(-c4ccc5ccccc5c4)c3n2)cc(OC)c1OC. The van der Waals surface area contributed by atoms with Gasteiger partial charge in [-0.2, -0.15) is 5.10 Å². The third-order valence-corrected chi connectivity index (χ3v) is 5.37. The number of nitrogens with one attached hydrogen (secondary N) is 1. The summed E-state index contributed by atoms with van der Waals surface area (Å²) >= 11 is 0. The molecule has 0 aliphatic carbocycles. The van der Waals surface area contributed by atoms with Crippen molar-refractivity contribution in [2.45, 2.75) is 0 Å². The number of anilines is 2. The number of methoxy groups -OCH3 is 3. The van der Waals surface area contributed by atoms with E-state index < -0.39 is 0 Å². The maximum absolute atomic E-state index is 5.45. The minimum atomic E-state index is 0.540. The van der Waals surface area contributed by atoms with Gasteiger partial charge in [-0.25, -0.2) is 9.50 Å². The minimum Gasteiger partial charge on any atom is -0.493 e. The number of hydrogen-bond donors (Lipinski definition) is 1. The van der Waals surface area contributed by atoms with Crippen LogP contribution < -0.4 is 19.5 Å². The molecule has 5 rings (SSSR count). The molecule has 0 saturated heterocycles. The Bertz CT molecular complexity index is 1400. The van der Waals surface area contributed by atoms with Gasteiger partial charge in [-0.05, 0) is 28.5 Å². The zero-order chi connectivity index (χ0) is 22.1. The van der Waals surface area contributed by atoms with E-state index in [1.54, 1.807) is 25.8 Å². The molecular formula is C25H22N4O3. The number of aromatic nitrogens is 3. The van der Waals surface area contributed by atoms with Crippen molar-refractivity contribution in [3.05, 3.63) is 73.1 Å². The van der Waals surface area contributed by atoms with E-state index in [1.807, 2.05) is 42.7 Å². The fourth-order valence-electron chi connectivity index (χ4n) is 3.80. The van der Waals surface area contributed by atoms with Crippen LogP contribution in [-0.4, -0.2) is 35.9 Å². The first-order valence-electron chi connectivity index (χ1n) is 10.1. The Morgan fingerprint density at radius 3 is 2.28 bits per heavy atom. The van der Waals surface area contributed by atoms with Gasteiger partial charge in [0, 0.05) is 29.6 Å². The Labute approximate surface area is 185 Å². The molecule has 2 heterocycles. The highest BCUT2D eigenvalue weighted by molar-refractivity contribution is 5.89. The molecule has 0 radical (unpaired) electrons. The molecule has 0 spiro atoms. The third kappa shape index (κ3) is 3.43. The van der Waals surface area contributed by atoms with Gasteiger partial charge in [-0.15, -0.1) is 0 Å². The zero-order valence-electron chi connectivity index (χ0n) is 18.0. The molecule has 0 bridgehead atoms. The van der Waals surface area contributed by atoms with Crippen molar-refractivity contribution in [2.75, 3.05) is 26.6 Å². The van der Waals surface area contributed by atoms with Crippen molar-refractivity contribution < 1.29 is 14.2 Å². The molecule has 0 amide bonds. The summed E-state index contributed by atoms with van der Waals surface area (Å²) in [5.41, 5.74) is 3.56. The Balaban J connectivity index is 1.54. The summed E-state index contributed by atoms with van der Waals surface area (Å²) in [7, 11) is 4.76. The summed E-state index contributed by atoms with van der Waals surface area (Å²) in [5.74, 6) is 2.35. The molecule has 0 aliphatic rings. The van der Waals surface area contributed by atoms with Crippen LogP contribution in [0, 0.1) is 0 Å². The monoisotopic (exact) mass is 426 g/mol. The standard InChI is InChI=1S/C25H22N4O3/c1-30-21-13-19(14-22(31-2)24(21)32-3)27-23-10-11-29-25(28-23)20(15-26-29)18-9-8-16-6-4-5-7-17(16)12-18/h4-15H,1-3H3,(H,27,28). The second kappa shape index (κ2) is 8.11. The smallest absolute Gasteiger partial charge is 0.203 e. The topological polar surface area (TPSA) is 69.9 Å². The van der Waals surface area contributed by atoms with E-state index in [0.717, 1.165) is 22.5 Å². The second-order valence-corrected chi connectivity index (χ2v) is 7.24. The summed E-state index contributed by atoms with van der Waals surface area (Å²) in [6.45, 7) is 0. The lowest BCUT2D eigenvalue weighted by Gasteiger charge is -2.15. The van der Waals surface area contributed by atoms with Crippen LogP contribution in [0.15, 0.2) is 73.1 Å². The zero-order valence-corrected chi connectivity index (χ0v) is 18.0. The molecule has 0 fully saturated rings. The van der Waals surface area contributed by atoms with Crippen molar-refractivity contribution >= 4 is 27.9 Å². The van der Waals surface area contributed by atoms with Crippen LogP contribution in [0.5, 0.6) is 17.2 Å². The van der Waals surface area contributed by atoms with Crippen molar-refractivity contribution in [2.24, 2.45) is 0 Å². The third-order valence-electron chi connectivity index (χ3n) is 5.37. The summed E-state index contributed by atoms with van der Waals surface area (Å²) < 4.78 is 18.1. The maximum Gasteiger partial charge on any atom is 0.203 e. The summed E-state index contributed by atoms with van der Waals surface area (Å²) in [6, 6.07) is 20.2. The molecule has 5 aromatic rings. The van der Waals surface area contributed by atoms with Crippen LogP contribution >= 0.6 is 0 Å². The average molecular weight is 426 g/mol. The fraction of sp³-hybridized carbons (Fsp3) is 0.120. The number of benzene rings is 3. The molecule has 0 atom stereocenters. The average Bonchev–Trinajstić information content (AvgIpc) is 3.26. The van der Waals surface area contributed by atoms with Gasteiger partial charge in [0.05, 0.1) is 27.5 Å². The van der Waals surface area contributed by atoms with Gasteiger partial charge in [0.15, 0.2) is 17.1 Å². The molecule has 0 unspecified atom stereocenters. The van der Waals surface area contributed by atoms with Crippen LogP contribution in [0.2, 0.25) is 0 Å². The largest absolute Gasteiger partial charge is 0.493 e. The molecule has 3 aromatic carbocycles. The van der Waals surface area contributed by atoms with E-state index in [1.165, 1.54) is 10.8 Å². The Morgan fingerprint density at radius 2 is 1.56 bits per heavy atom. The van der Waals surface area contributed by atoms with Crippen molar-refractivity contribution in [1.82, 2.24) is 14.6 Å². The molecule has 0 aliphatic heterocycles. The van der Waals surface area contributed by atoms with E-state index in [4.69, 9.17) is 19.2 Å². The Morgan fingerprint density at radius 1 is 0.812 bits per heavy atom. The van der Waals surface area contributed by atoms with Crippen LogP contribution in [0.3, 0.4) is 0 Å². The van der Waals surface area contributed by atoms with Crippen molar-refractivity contribution in [1.29, 1.82) is 0 Å². The Kier molecular flexibility index (Phi) is 4.99. The predicted octanol–water partition coefficient (Wildman–Crippen LogP) is 5.32. The molecule has 7 nitrogen and oxygen atoms in total. The highest BCUT2D eigenvalue weighted by Crippen LogP contribution is 2.40. The molecule has 0 saturated carbocycles. The maximum atomic E-state index is 5.45. The van der Waals surface area contributed by atoms with Crippen molar-refractivity contribution in [3.63, 3.8) is 0 Å². The first-order chi connectivity index (χ1) is 15.7. The van der Waals surface area contributed by atoms with Crippen molar-refractivity contribution in [3.8, 4) is 28.4 Å². The van der Waals surface area contributed by atoms with Crippen LogP contribution in [0.4, 0.5) is 11.5 Å². The number of rotatable bonds is 6. The molecule has 7 heteroatoms. The predicted molar refractivity (Wildman–Crippen MR) is 125 cm³/mol. The number of nitrogens with zero attached hydrogens (tertiary/aromatic N) is 3. The highest BCUT2D eigenvalue weighted by atomic mass is 16.5. The van der Waals surface area contributed by atoms with E-state index >= 15 is 0 Å². The summed E-state index contributed by atoms with van der Waals surface area (Å²) in [6.07, 6.45) is 3.73. The van der Waals surface area contributed by atoms with E-state index in [2.05, 4.69) is 40.7 Å². The lowest BCUT2D eigenvalue weighted by atomic mass is 10.0. The van der Waals surface area contributed by atoms with E-state index in [9.17, 15) is 0 Å². The van der Waals surface area contributed by atoms with Gasteiger partial charge in [-0.3, -0.25) is 0 Å². The first kappa shape index (κ1) is 19.7. The van der Waals surface area contributed by atoms with Gasteiger partial charge in [0.1, 0.15) is 5.82 Å². The normalized spacial score (nSPS) is 11.0. The van der Waals surface area contributed by atoms with Gasteiger partial charge < -0.3 is 19.5 Å². The van der Waals surface area contributed by atoms with Crippen LogP contribution in [-0.2, 0) is 0 Å². The summed E-state index contributed by atoms with van der Waals surface area (Å²) in [4.78, 5) is 4.82. The molecular weight excluding hydrogens is 404 g/mol. The molecule has 32 heavy (non-hydrogen) atoms. The first-order valence-corrected chi connectivity index (χ1v) is 10.1. The van der Waals surface area contributed by atoms with Gasteiger partial charge in [0.25, 0.3) is 0 Å². The van der Waals surface area contributed by atoms with Gasteiger partial charge in [-0.1, -0.05) is 36.4 Å². The van der Waals surface area contributed by atoms with E-state index in [-0.39, 0.29) is 0 Å². The second-order valence-electron chi connectivity index (χ2n) is 7.24. The van der Waals surface area contributed by atoms with E-state index in [0.29, 0.717) is 23.1 Å². The lowest BCUT2D eigenvalue weighted by molar-refractivity contribution is 0.324. The highest BCUT2D eigenvalue weighted by Gasteiger charge is 2.14. The number of fused-ring (bicyclic) bond motifs is 2. The Hall–Kier alpha value is -4.26. The molecule has 1 N–H and O–H groups in total. The molecule has 2 aromatic heterocycles. The molecule has 160 valence electrons. The van der Waals surface area contributed by atoms with Crippen LogP contribution in [0.25, 0.3) is 27.5 Å². The van der Waals surface area contributed by atoms with Gasteiger partial charge >= 0.3 is 0 Å². The van der Waals surface area contributed by atoms with Gasteiger partial charge in [0.2, 0.25) is 5.75 Å². The lowest BCUT2D eigenvalue weighted by Crippen LogP contribution is -2.00. The van der Waals surface area contributed by atoms with Crippen LogP contribution in [0.1, 0.15) is 0 Å². The minimum absolute atomic E-state index is 0.540. The quantitative estimate of drug-likeness (QED) is 0.396. The fourth-order valence-corrected chi connectivity index (χ4v) is 3.80. The number of ether oxygens (including phenoxy) is 3. The summed E-state index contributed by atoms with van der Waals surface area (Å²) in [5, 5.41) is 10.2.